The van der Waals surface area contributed by atoms with E-state index in [1.165, 1.54) is 56.6 Å². The second-order valence-electron chi connectivity index (χ2n) is 6.97. The second-order valence-corrected chi connectivity index (χ2v) is 12.2. The molecule has 0 bridgehead atoms. The summed E-state index contributed by atoms with van der Waals surface area (Å²) in [4.78, 5) is 17.1. The highest BCUT2D eigenvalue weighted by Gasteiger charge is 2.22. The van der Waals surface area contributed by atoms with Crippen LogP contribution >= 0.6 is 11.8 Å². The van der Waals surface area contributed by atoms with Crippen LogP contribution in [0.5, 0.6) is 0 Å². The van der Waals surface area contributed by atoms with Crippen molar-refractivity contribution in [2.75, 3.05) is 25.1 Å². The monoisotopic (exact) mass is 483 g/mol. The fourth-order valence-electron chi connectivity index (χ4n) is 2.66. The van der Waals surface area contributed by atoms with Crippen molar-refractivity contribution in [1.82, 2.24) is 9.29 Å². The molecule has 0 saturated heterocycles. The zero-order chi connectivity index (χ0) is 23.0. The summed E-state index contributed by atoms with van der Waals surface area (Å²) >= 11 is 1.11. The van der Waals surface area contributed by atoms with Crippen LogP contribution in [-0.2, 0) is 20.0 Å². The molecule has 3 aromatic rings. The number of Topliss-reactive ketones (excluding diaryl/α,β-unsaturated/α-hetero) is 1. The zero-order valence-corrected chi connectivity index (χ0v) is 19.6. The maximum atomic E-state index is 12.7. The van der Waals surface area contributed by atoms with E-state index in [0.717, 1.165) is 22.3 Å². The van der Waals surface area contributed by atoms with Crippen molar-refractivity contribution in [3.05, 3.63) is 48.0 Å². The largest absolute Gasteiger partial charge is 0.431 e. The predicted molar refractivity (Wildman–Crippen MR) is 119 cm³/mol. The van der Waals surface area contributed by atoms with Gasteiger partial charge < -0.3 is 4.42 Å². The maximum absolute atomic E-state index is 12.7. The first kappa shape index (κ1) is 23.3. The van der Waals surface area contributed by atoms with Gasteiger partial charge in [0.05, 0.1) is 16.4 Å². The van der Waals surface area contributed by atoms with Gasteiger partial charge in [-0.15, -0.1) is 0 Å². The number of fused-ring (bicyclic) bond motifs is 1. The Kier molecular flexibility index (Phi) is 6.46. The van der Waals surface area contributed by atoms with Crippen molar-refractivity contribution in [2.45, 2.75) is 22.3 Å². The van der Waals surface area contributed by atoms with Crippen molar-refractivity contribution < 1.29 is 26.0 Å². The van der Waals surface area contributed by atoms with Crippen molar-refractivity contribution in [3.8, 4) is 0 Å². The van der Waals surface area contributed by atoms with Crippen LogP contribution in [0.15, 0.2) is 57.0 Å². The highest BCUT2D eigenvalue weighted by molar-refractivity contribution is 8.00. The van der Waals surface area contributed by atoms with Crippen LogP contribution in [0, 0.1) is 0 Å². The Morgan fingerprint density at radius 1 is 1.10 bits per heavy atom. The minimum Gasteiger partial charge on any atom is -0.431 e. The molecule has 9 nitrogen and oxygen atoms in total. The number of oxazole rings is 1. The Labute approximate surface area is 184 Å². The Bertz CT molecular complexity index is 1330. The van der Waals surface area contributed by atoms with Gasteiger partial charge in [-0.3, -0.25) is 9.52 Å². The van der Waals surface area contributed by atoms with Gasteiger partial charge in [0.1, 0.15) is 5.52 Å². The van der Waals surface area contributed by atoms with Crippen LogP contribution in [-0.4, -0.2) is 57.5 Å². The number of aromatic nitrogens is 1. The molecule has 1 atom stereocenters. The Balaban J connectivity index is 1.76. The number of anilines is 1. The van der Waals surface area contributed by atoms with Gasteiger partial charge in [-0.1, -0.05) is 11.8 Å². The summed E-state index contributed by atoms with van der Waals surface area (Å²) in [6, 6.07) is 10.5. The van der Waals surface area contributed by atoms with Crippen molar-refractivity contribution in [1.29, 1.82) is 0 Å². The van der Waals surface area contributed by atoms with Crippen LogP contribution in [0.4, 0.5) is 5.69 Å². The van der Waals surface area contributed by atoms with E-state index in [1.54, 1.807) is 6.92 Å². The molecule has 0 amide bonds. The molecule has 0 aliphatic heterocycles. The van der Waals surface area contributed by atoms with E-state index in [-0.39, 0.29) is 15.9 Å². The van der Waals surface area contributed by atoms with E-state index < -0.39 is 25.3 Å². The molecule has 12 heteroatoms. The molecule has 1 N–H and O–H groups in total. The van der Waals surface area contributed by atoms with E-state index in [9.17, 15) is 21.6 Å². The molecule has 0 fully saturated rings. The molecule has 166 valence electrons. The zero-order valence-electron chi connectivity index (χ0n) is 17.2. The first-order chi connectivity index (χ1) is 14.4. The molecule has 2 aromatic carbocycles. The summed E-state index contributed by atoms with van der Waals surface area (Å²) in [5, 5.41) is -0.294. The molecule has 0 aliphatic rings. The molecular weight excluding hydrogens is 462 g/mol. The number of hydrogen-bond acceptors (Lipinski definition) is 8. The summed E-state index contributed by atoms with van der Waals surface area (Å²) in [5.74, 6) is -0.186. The number of rotatable bonds is 8. The van der Waals surface area contributed by atoms with Crippen LogP contribution in [0.25, 0.3) is 11.1 Å². The van der Waals surface area contributed by atoms with Crippen molar-refractivity contribution in [3.63, 3.8) is 0 Å². The number of nitrogens with zero attached hydrogens (tertiary/aromatic N) is 2. The molecule has 0 radical (unpaired) electrons. The summed E-state index contributed by atoms with van der Waals surface area (Å²) in [6.45, 7) is 1.70. The third-order valence-electron chi connectivity index (χ3n) is 4.24. The highest BCUT2D eigenvalue weighted by atomic mass is 32.2. The van der Waals surface area contributed by atoms with E-state index in [0.29, 0.717) is 22.4 Å². The Morgan fingerprint density at radius 2 is 1.74 bits per heavy atom. The van der Waals surface area contributed by atoms with E-state index in [4.69, 9.17) is 4.42 Å². The number of hydrogen-bond donors (Lipinski definition) is 1. The molecule has 3 rings (SSSR count). The quantitative estimate of drug-likeness (QED) is 0.383. The molecule has 0 spiro atoms. The van der Waals surface area contributed by atoms with Gasteiger partial charge >= 0.3 is 0 Å². The normalized spacial score (nSPS) is 13.5. The number of carbonyl (C=O) groups is 1. The van der Waals surface area contributed by atoms with Crippen LogP contribution in [0.1, 0.15) is 17.3 Å². The SMILES string of the molecule is CC(Sc1nc2cc(S(=O)(=O)N(C)C)ccc2o1)C(=O)c1ccc(NS(C)(=O)=O)cc1. The fraction of sp³-hybridized carbons (Fsp3) is 0.263. The van der Waals surface area contributed by atoms with Gasteiger partial charge in [-0.05, 0) is 49.4 Å². The van der Waals surface area contributed by atoms with Gasteiger partial charge in [0.15, 0.2) is 11.4 Å². The first-order valence-electron chi connectivity index (χ1n) is 8.99. The highest BCUT2D eigenvalue weighted by Crippen LogP contribution is 2.30. The lowest BCUT2D eigenvalue weighted by Gasteiger charge is -2.10. The van der Waals surface area contributed by atoms with Gasteiger partial charge in [0, 0.05) is 25.3 Å². The second kappa shape index (κ2) is 8.61. The molecule has 1 heterocycles. The fourth-order valence-corrected chi connectivity index (χ4v) is 4.98. The van der Waals surface area contributed by atoms with Gasteiger partial charge in [0.2, 0.25) is 20.0 Å². The lowest BCUT2D eigenvalue weighted by Crippen LogP contribution is -2.22. The molecule has 0 aliphatic carbocycles. The minimum atomic E-state index is -3.60. The average molecular weight is 484 g/mol. The smallest absolute Gasteiger partial charge is 0.257 e. The molecule has 1 aromatic heterocycles. The topological polar surface area (TPSA) is 127 Å². The number of carbonyl (C=O) groups excluding carboxylic acids is 1. The molecule has 1 unspecified atom stereocenters. The molecule has 31 heavy (non-hydrogen) atoms. The third-order valence-corrected chi connectivity index (χ3v) is 7.60. The summed E-state index contributed by atoms with van der Waals surface area (Å²) in [5.41, 5.74) is 1.56. The summed E-state index contributed by atoms with van der Waals surface area (Å²) in [7, 11) is -4.11. The Hall–Kier alpha value is -2.41. The van der Waals surface area contributed by atoms with Crippen LogP contribution in [0.3, 0.4) is 0 Å². The number of ketones is 1. The van der Waals surface area contributed by atoms with E-state index >= 15 is 0 Å². The standard InChI is InChI=1S/C19H21N3O6S3/c1-12(18(23)13-5-7-14(8-6-13)21-30(4,24)25)29-19-20-16-11-15(9-10-17(16)28-19)31(26,27)22(2)3/h5-12,21H,1-4H3. The lowest BCUT2D eigenvalue weighted by atomic mass is 10.1. The Morgan fingerprint density at radius 3 is 2.32 bits per heavy atom. The van der Waals surface area contributed by atoms with E-state index in [2.05, 4.69) is 9.71 Å². The average Bonchev–Trinajstić information content (AvgIpc) is 3.08. The lowest BCUT2D eigenvalue weighted by molar-refractivity contribution is 0.0993. The van der Waals surface area contributed by atoms with Crippen molar-refractivity contribution >= 4 is 54.4 Å². The third kappa shape index (κ3) is 5.45. The number of sulfonamides is 2. The summed E-state index contributed by atoms with van der Waals surface area (Å²) in [6.07, 6.45) is 1.05. The maximum Gasteiger partial charge on any atom is 0.257 e. The predicted octanol–water partition coefficient (Wildman–Crippen LogP) is 2.81. The van der Waals surface area contributed by atoms with Gasteiger partial charge in [0.25, 0.3) is 5.22 Å². The molecular formula is C19H21N3O6S3. The van der Waals surface area contributed by atoms with Crippen molar-refractivity contribution in [2.24, 2.45) is 0 Å². The van der Waals surface area contributed by atoms with Crippen LogP contribution < -0.4 is 4.72 Å². The number of thioether (sulfide) groups is 1. The van der Waals surface area contributed by atoms with Gasteiger partial charge in [-0.2, -0.15) is 0 Å². The minimum absolute atomic E-state index is 0.0989. The van der Waals surface area contributed by atoms with Gasteiger partial charge in [-0.25, -0.2) is 26.1 Å². The number of benzene rings is 2. The summed E-state index contributed by atoms with van der Waals surface area (Å²) < 4.78 is 56.2. The number of nitrogens with one attached hydrogen (secondary N) is 1. The first-order valence-corrected chi connectivity index (χ1v) is 13.2. The van der Waals surface area contributed by atoms with E-state index in [1.807, 2.05) is 0 Å². The van der Waals surface area contributed by atoms with Crippen LogP contribution in [0.2, 0.25) is 0 Å². The molecule has 0 saturated carbocycles.